The van der Waals surface area contributed by atoms with Crippen molar-refractivity contribution < 1.29 is 14.7 Å². The first kappa shape index (κ1) is 11.4. The lowest BCUT2D eigenvalue weighted by atomic mass is 10.0. The minimum Gasteiger partial charge on any atom is -0.480 e. The molecule has 0 aromatic heterocycles. The SMILES string of the molecule is O=C(O)[C@@H]1CCCN1C(=O)CC1CCCC1. The Morgan fingerprint density at radius 2 is 1.81 bits per heavy atom. The van der Waals surface area contributed by atoms with E-state index in [2.05, 4.69) is 0 Å². The molecule has 2 fully saturated rings. The van der Waals surface area contributed by atoms with E-state index in [9.17, 15) is 9.59 Å². The van der Waals surface area contributed by atoms with E-state index in [1.807, 2.05) is 0 Å². The van der Waals surface area contributed by atoms with Crippen LogP contribution in [0.1, 0.15) is 44.9 Å². The number of carbonyl (C=O) groups is 2. The Bertz CT molecular complexity index is 284. The van der Waals surface area contributed by atoms with Crippen LogP contribution in [0.2, 0.25) is 0 Å². The zero-order valence-electron chi connectivity index (χ0n) is 9.52. The summed E-state index contributed by atoms with van der Waals surface area (Å²) in [6.07, 6.45) is 6.72. The van der Waals surface area contributed by atoms with Gasteiger partial charge in [-0.3, -0.25) is 4.79 Å². The van der Waals surface area contributed by atoms with E-state index >= 15 is 0 Å². The highest BCUT2D eigenvalue weighted by Gasteiger charge is 2.34. The number of aliphatic carboxylic acids is 1. The highest BCUT2D eigenvalue weighted by atomic mass is 16.4. The van der Waals surface area contributed by atoms with Gasteiger partial charge in [0.1, 0.15) is 6.04 Å². The van der Waals surface area contributed by atoms with Crippen molar-refractivity contribution in [2.24, 2.45) is 5.92 Å². The van der Waals surface area contributed by atoms with Crippen LogP contribution >= 0.6 is 0 Å². The summed E-state index contributed by atoms with van der Waals surface area (Å²) in [7, 11) is 0. The van der Waals surface area contributed by atoms with Crippen molar-refractivity contribution in [3.05, 3.63) is 0 Å². The molecule has 90 valence electrons. The number of likely N-dealkylation sites (tertiary alicyclic amines) is 1. The smallest absolute Gasteiger partial charge is 0.326 e. The largest absolute Gasteiger partial charge is 0.480 e. The zero-order chi connectivity index (χ0) is 11.5. The summed E-state index contributed by atoms with van der Waals surface area (Å²) in [6, 6.07) is -0.561. The maximum absolute atomic E-state index is 12.0. The molecule has 1 amide bonds. The second-order valence-corrected chi connectivity index (χ2v) is 4.94. The summed E-state index contributed by atoms with van der Waals surface area (Å²) in [5.74, 6) is -0.295. The van der Waals surface area contributed by atoms with Crippen LogP contribution in [0.5, 0.6) is 0 Å². The van der Waals surface area contributed by atoms with Gasteiger partial charge < -0.3 is 10.0 Å². The third-order valence-corrected chi connectivity index (χ3v) is 3.80. The van der Waals surface area contributed by atoms with E-state index in [0.29, 0.717) is 25.3 Å². The fourth-order valence-electron chi connectivity index (χ4n) is 2.90. The third kappa shape index (κ3) is 2.36. The number of carboxylic acid groups (broad SMARTS) is 1. The van der Waals surface area contributed by atoms with E-state index in [4.69, 9.17) is 5.11 Å². The molecule has 1 saturated heterocycles. The Kier molecular flexibility index (Phi) is 3.46. The number of hydrogen-bond donors (Lipinski definition) is 1. The van der Waals surface area contributed by atoms with Crippen LogP contribution in [0.15, 0.2) is 0 Å². The molecule has 16 heavy (non-hydrogen) atoms. The van der Waals surface area contributed by atoms with E-state index in [-0.39, 0.29) is 5.91 Å². The van der Waals surface area contributed by atoms with Gasteiger partial charge in [-0.2, -0.15) is 0 Å². The predicted molar refractivity (Wildman–Crippen MR) is 58.9 cm³/mol. The predicted octanol–water partition coefficient (Wildman–Crippen LogP) is 1.64. The number of carbonyl (C=O) groups excluding carboxylic acids is 1. The quantitative estimate of drug-likeness (QED) is 0.794. The fraction of sp³-hybridized carbons (Fsp3) is 0.833. The first-order valence-electron chi connectivity index (χ1n) is 6.21. The van der Waals surface area contributed by atoms with Gasteiger partial charge in [0, 0.05) is 13.0 Å². The van der Waals surface area contributed by atoms with Crippen LogP contribution in [-0.4, -0.2) is 34.5 Å². The summed E-state index contributed by atoms with van der Waals surface area (Å²) in [5.41, 5.74) is 0. The molecule has 1 atom stereocenters. The first-order chi connectivity index (χ1) is 7.68. The van der Waals surface area contributed by atoms with Crippen molar-refractivity contribution in [1.82, 2.24) is 4.90 Å². The molecule has 1 aliphatic heterocycles. The van der Waals surface area contributed by atoms with Crippen LogP contribution in [0.4, 0.5) is 0 Å². The zero-order valence-corrected chi connectivity index (χ0v) is 9.52. The molecule has 2 rings (SSSR count). The maximum atomic E-state index is 12.0. The monoisotopic (exact) mass is 225 g/mol. The fourth-order valence-corrected chi connectivity index (χ4v) is 2.90. The van der Waals surface area contributed by atoms with E-state index in [1.165, 1.54) is 12.8 Å². The molecule has 0 unspecified atom stereocenters. The lowest BCUT2D eigenvalue weighted by Gasteiger charge is -2.22. The molecule has 1 saturated carbocycles. The van der Waals surface area contributed by atoms with Gasteiger partial charge >= 0.3 is 5.97 Å². The van der Waals surface area contributed by atoms with Crippen LogP contribution in [0.3, 0.4) is 0 Å². The number of rotatable bonds is 3. The van der Waals surface area contributed by atoms with Crippen LogP contribution < -0.4 is 0 Å². The van der Waals surface area contributed by atoms with Crippen molar-refractivity contribution in [2.75, 3.05) is 6.54 Å². The second-order valence-electron chi connectivity index (χ2n) is 4.94. The van der Waals surface area contributed by atoms with Crippen molar-refractivity contribution in [2.45, 2.75) is 51.0 Å². The van der Waals surface area contributed by atoms with Crippen LogP contribution in [0, 0.1) is 5.92 Å². The molecule has 0 aromatic rings. The Labute approximate surface area is 95.6 Å². The third-order valence-electron chi connectivity index (χ3n) is 3.80. The molecule has 1 heterocycles. The lowest BCUT2D eigenvalue weighted by Crippen LogP contribution is -2.40. The number of carboxylic acids is 1. The highest BCUT2D eigenvalue weighted by molar-refractivity contribution is 5.84. The molecule has 0 aromatic carbocycles. The summed E-state index contributed by atoms with van der Waals surface area (Å²) in [4.78, 5) is 24.5. The number of hydrogen-bond acceptors (Lipinski definition) is 2. The topological polar surface area (TPSA) is 57.6 Å². The van der Waals surface area contributed by atoms with Crippen molar-refractivity contribution >= 4 is 11.9 Å². The lowest BCUT2D eigenvalue weighted by molar-refractivity contribution is -0.148. The van der Waals surface area contributed by atoms with Crippen LogP contribution in [-0.2, 0) is 9.59 Å². The summed E-state index contributed by atoms with van der Waals surface area (Å²) in [6.45, 7) is 0.628. The van der Waals surface area contributed by atoms with Crippen molar-refractivity contribution in [1.29, 1.82) is 0 Å². The Balaban J connectivity index is 1.90. The van der Waals surface area contributed by atoms with Gasteiger partial charge in [0.05, 0.1) is 0 Å². The summed E-state index contributed by atoms with van der Waals surface area (Å²) >= 11 is 0. The summed E-state index contributed by atoms with van der Waals surface area (Å²) in [5, 5.41) is 9.00. The summed E-state index contributed by atoms with van der Waals surface area (Å²) < 4.78 is 0. The molecule has 0 spiro atoms. The second kappa shape index (κ2) is 4.85. The minimum atomic E-state index is -0.850. The molecule has 1 aliphatic carbocycles. The standard InChI is InChI=1S/C12H19NO3/c14-11(8-9-4-1-2-5-9)13-7-3-6-10(13)12(15)16/h9-10H,1-8H2,(H,15,16)/t10-/m0/s1. The van der Waals surface area contributed by atoms with Crippen LogP contribution in [0.25, 0.3) is 0 Å². The average Bonchev–Trinajstić information content (AvgIpc) is 2.86. The molecule has 0 radical (unpaired) electrons. The Hall–Kier alpha value is -1.06. The molecular weight excluding hydrogens is 206 g/mol. The first-order valence-corrected chi connectivity index (χ1v) is 6.21. The van der Waals surface area contributed by atoms with Crippen molar-refractivity contribution in [3.8, 4) is 0 Å². The van der Waals surface area contributed by atoms with Gasteiger partial charge in [0.2, 0.25) is 5.91 Å². The van der Waals surface area contributed by atoms with Gasteiger partial charge in [0.25, 0.3) is 0 Å². The highest BCUT2D eigenvalue weighted by Crippen LogP contribution is 2.29. The van der Waals surface area contributed by atoms with E-state index < -0.39 is 12.0 Å². The van der Waals surface area contributed by atoms with Gasteiger partial charge in [-0.15, -0.1) is 0 Å². The van der Waals surface area contributed by atoms with E-state index in [0.717, 1.165) is 19.3 Å². The molecular formula is C12H19NO3. The molecule has 1 N–H and O–H groups in total. The Morgan fingerprint density at radius 1 is 1.12 bits per heavy atom. The Morgan fingerprint density at radius 3 is 2.44 bits per heavy atom. The maximum Gasteiger partial charge on any atom is 0.326 e. The minimum absolute atomic E-state index is 0.0526. The molecule has 0 bridgehead atoms. The number of nitrogens with zero attached hydrogens (tertiary/aromatic N) is 1. The molecule has 4 heteroatoms. The number of amides is 1. The molecule has 4 nitrogen and oxygen atoms in total. The van der Waals surface area contributed by atoms with Crippen molar-refractivity contribution in [3.63, 3.8) is 0 Å². The average molecular weight is 225 g/mol. The van der Waals surface area contributed by atoms with Gasteiger partial charge in [0.15, 0.2) is 0 Å². The normalized spacial score (nSPS) is 26.2. The van der Waals surface area contributed by atoms with Gasteiger partial charge in [-0.1, -0.05) is 12.8 Å². The van der Waals surface area contributed by atoms with E-state index in [1.54, 1.807) is 4.90 Å². The molecule has 2 aliphatic rings. The van der Waals surface area contributed by atoms with Gasteiger partial charge in [-0.05, 0) is 31.6 Å². The van der Waals surface area contributed by atoms with Gasteiger partial charge in [-0.25, -0.2) is 4.79 Å².